The average molecular weight is 605 g/mol. The van der Waals surface area contributed by atoms with Crippen molar-refractivity contribution >= 4 is 63.0 Å². The number of hydrogen-bond donors (Lipinski definition) is 2. The fourth-order valence-corrected chi connectivity index (χ4v) is 4.93. The van der Waals surface area contributed by atoms with Crippen LogP contribution in [0.15, 0.2) is 40.8 Å². The van der Waals surface area contributed by atoms with Gasteiger partial charge in [-0.05, 0) is 48.7 Å². The van der Waals surface area contributed by atoms with Gasteiger partial charge in [0.25, 0.3) is 0 Å². The van der Waals surface area contributed by atoms with Gasteiger partial charge in [0, 0.05) is 33.0 Å². The molecule has 218 valence electrons. The molecule has 1 heterocycles. The first-order chi connectivity index (χ1) is 19.6. The van der Waals surface area contributed by atoms with Crippen LogP contribution in [-0.2, 0) is 25.2 Å². The fraction of sp³-hybridized carbons (Fsp3) is 0.172. The molecule has 0 aliphatic heterocycles. The number of carbonyl (C=O) groups excluding carboxylic acids is 2. The van der Waals surface area contributed by atoms with Crippen molar-refractivity contribution < 1.29 is 56.5 Å². The fourth-order valence-electron chi connectivity index (χ4n) is 4.68. The van der Waals surface area contributed by atoms with E-state index in [9.17, 15) is 42.6 Å². The lowest BCUT2D eigenvalue weighted by Gasteiger charge is -2.17. The van der Waals surface area contributed by atoms with E-state index in [0.717, 1.165) is 26.4 Å². The molecule has 0 saturated carbocycles. The lowest BCUT2D eigenvalue weighted by atomic mass is 9.84. The summed E-state index contributed by atoms with van der Waals surface area (Å²) in [6.45, 7) is 3.30. The highest BCUT2D eigenvalue weighted by Crippen LogP contribution is 2.47. The number of rotatable bonds is 6. The van der Waals surface area contributed by atoms with Crippen LogP contribution in [0.4, 0.5) is 13.2 Å². The van der Waals surface area contributed by atoms with Gasteiger partial charge < -0.3 is 24.1 Å². The summed E-state index contributed by atoms with van der Waals surface area (Å²) in [7, 11) is 1.95. The van der Waals surface area contributed by atoms with Gasteiger partial charge in [0.2, 0.25) is 0 Å². The van der Waals surface area contributed by atoms with E-state index in [-0.39, 0.29) is 38.1 Å². The average Bonchev–Trinajstić information content (AvgIpc) is 3.31. The Bertz CT molecular complexity index is 1850. The molecular formula is C29H20ClF3O9. The molecule has 1 aromatic heterocycles. The van der Waals surface area contributed by atoms with E-state index < -0.39 is 57.9 Å². The Morgan fingerprint density at radius 2 is 1.48 bits per heavy atom. The number of esters is 2. The molecule has 2 N–H and O–H groups in total. The van der Waals surface area contributed by atoms with Crippen LogP contribution in [0.2, 0.25) is 5.02 Å². The van der Waals surface area contributed by atoms with Gasteiger partial charge in [-0.3, -0.25) is 0 Å². The standard InChI is InChI=1S/C29H20ClF3O9/c1-11-12(2)24-15(9-17(11)30)21-20(16(28(39)41-4)10-18(34)40-3)23(27(37)38)22(26(35)36)19(25(21)42-24)13-5-7-14(8-6-13)29(31,32)33/h5-10H,1-4H3,(H,35,36)(H,37,38)/b16-10-. The van der Waals surface area contributed by atoms with Crippen molar-refractivity contribution in [3.8, 4) is 11.1 Å². The number of furan rings is 1. The number of ether oxygens (including phenoxy) is 2. The highest BCUT2D eigenvalue weighted by atomic mass is 35.5. The van der Waals surface area contributed by atoms with Crippen LogP contribution in [0.1, 0.15) is 43.0 Å². The summed E-state index contributed by atoms with van der Waals surface area (Å²) < 4.78 is 55.5. The molecule has 3 aromatic carbocycles. The van der Waals surface area contributed by atoms with Gasteiger partial charge in [0.15, 0.2) is 0 Å². The number of carboxylic acid groups (broad SMARTS) is 2. The lowest BCUT2D eigenvalue weighted by molar-refractivity contribution is -0.137. The Morgan fingerprint density at radius 3 is 1.98 bits per heavy atom. The molecule has 4 aromatic rings. The van der Waals surface area contributed by atoms with Gasteiger partial charge in [0.05, 0.1) is 36.5 Å². The van der Waals surface area contributed by atoms with E-state index in [1.807, 2.05) is 0 Å². The molecule has 0 bridgehead atoms. The zero-order valence-corrected chi connectivity index (χ0v) is 23.0. The summed E-state index contributed by atoms with van der Waals surface area (Å²) in [6.07, 6.45) is -4.07. The van der Waals surface area contributed by atoms with Crippen molar-refractivity contribution in [3.63, 3.8) is 0 Å². The van der Waals surface area contributed by atoms with E-state index in [4.69, 9.17) is 20.8 Å². The number of carboxylic acids is 2. The number of carbonyl (C=O) groups is 4. The Labute approximate surface area is 239 Å². The molecule has 0 spiro atoms. The minimum atomic E-state index is -4.71. The normalized spacial score (nSPS) is 12.0. The Kier molecular flexibility index (Phi) is 7.79. The van der Waals surface area contributed by atoms with Crippen LogP contribution < -0.4 is 0 Å². The van der Waals surface area contributed by atoms with Crippen LogP contribution in [0.5, 0.6) is 0 Å². The number of aromatic carboxylic acids is 2. The lowest BCUT2D eigenvalue weighted by Crippen LogP contribution is -2.17. The number of hydrogen-bond acceptors (Lipinski definition) is 7. The summed E-state index contributed by atoms with van der Waals surface area (Å²) >= 11 is 6.44. The number of methoxy groups -OCH3 is 2. The van der Waals surface area contributed by atoms with Crippen LogP contribution >= 0.6 is 11.6 Å². The van der Waals surface area contributed by atoms with Crippen LogP contribution in [0, 0.1) is 13.8 Å². The Hall–Kier alpha value is -4.84. The van der Waals surface area contributed by atoms with Crippen LogP contribution in [-0.4, -0.2) is 48.3 Å². The zero-order chi connectivity index (χ0) is 31.3. The summed E-state index contributed by atoms with van der Waals surface area (Å²) in [6, 6.07) is 4.75. The topological polar surface area (TPSA) is 140 Å². The third kappa shape index (κ3) is 4.94. The van der Waals surface area contributed by atoms with E-state index in [2.05, 4.69) is 4.74 Å². The molecule has 0 aliphatic carbocycles. The third-order valence-corrected chi connectivity index (χ3v) is 7.16. The molecule has 0 amide bonds. The van der Waals surface area contributed by atoms with Gasteiger partial charge in [0.1, 0.15) is 11.2 Å². The second-order valence-electron chi connectivity index (χ2n) is 9.05. The maximum absolute atomic E-state index is 13.3. The third-order valence-electron chi connectivity index (χ3n) is 6.77. The molecule has 0 fully saturated rings. The van der Waals surface area contributed by atoms with Crippen molar-refractivity contribution in [3.05, 3.63) is 74.8 Å². The van der Waals surface area contributed by atoms with Gasteiger partial charge in [-0.15, -0.1) is 0 Å². The first-order valence-electron chi connectivity index (χ1n) is 11.9. The van der Waals surface area contributed by atoms with Crippen molar-refractivity contribution in [1.29, 1.82) is 0 Å². The van der Waals surface area contributed by atoms with Crippen molar-refractivity contribution in [2.75, 3.05) is 14.2 Å². The van der Waals surface area contributed by atoms with Gasteiger partial charge >= 0.3 is 30.1 Å². The molecule has 9 nitrogen and oxygen atoms in total. The minimum Gasteiger partial charge on any atom is -0.478 e. The molecule has 0 unspecified atom stereocenters. The maximum atomic E-state index is 13.3. The molecule has 42 heavy (non-hydrogen) atoms. The molecule has 4 rings (SSSR count). The van der Waals surface area contributed by atoms with Crippen molar-refractivity contribution in [1.82, 2.24) is 0 Å². The van der Waals surface area contributed by atoms with Gasteiger partial charge in [-0.1, -0.05) is 23.7 Å². The first kappa shape index (κ1) is 30.1. The molecule has 0 radical (unpaired) electrons. The maximum Gasteiger partial charge on any atom is 0.416 e. The molecule has 13 heteroatoms. The SMILES string of the molecule is COC(=O)/C=C(\C(=O)OC)c1c(C(=O)O)c(C(=O)O)c(-c2ccc(C(F)(F)F)cc2)c2oc3c(C)c(C)c(Cl)cc3c12. The Balaban J connectivity index is 2.39. The molecular weight excluding hydrogens is 585 g/mol. The summed E-state index contributed by atoms with van der Waals surface area (Å²) in [4.78, 5) is 50.8. The van der Waals surface area contributed by atoms with Gasteiger partial charge in [-0.2, -0.15) is 13.2 Å². The highest BCUT2D eigenvalue weighted by molar-refractivity contribution is 6.35. The predicted octanol–water partition coefficient (Wildman–Crippen LogP) is 6.67. The summed E-state index contributed by atoms with van der Waals surface area (Å²) in [5.41, 5.74) is -3.76. The molecule has 0 saturated heterocycles. The largest absolute Gasteiger partial charge is 0.478 e. The van der Waals surface area contributed by atoms with E-state index in [0.29, 0.717) is 29.3 Å². The van der Waals surface area contributed by atoms with E-state index in [1.165, 1.54) is 6.07 Å². The number of fused-ring (bicyclic) bond motifs is 3. The second-order valence-corrected chi connectivity index (χ2v) is 9.46. The zero-order valence-electron chi connectivity index (χ0n) is 22.2. The monoisotopic (exact) mass is 604 g/mol. The minimum absolute atomic E-state index is 0.127. The van der Waals surface area contributed by atoms with Gasteiger partial charge in [-0.25, -0.2) is 19.2 Å². The highest BCUT2D eigenvalue weighted by Gasteiger charge is 2.36. The van der Waals surface area contributed by atoms with Crippen LogP contribution in [0.25, 0.3) is 38.6 Å². The number of benzene rings is 3. The predicted molar refractivity (Wildman–Crippen MR) is 145 cm³/mol. The van der Waals surface area contributed by atoms with E-state index in [1.54, 1.807) is 13.8 Å². The first-order valence-corrected chi connectivity index (χ1v) is 12.3. The number of alkyl halides is 3. The second kappa shape index (κ2) is 10.9. The smallest absolute Gasteiger partial charge is 0.416 e. The number of aryl methyl sites for hydroxylation is 1. The summed E-state index contributed by atoms with van der Waals surface area (Å²) in [5, 5.41) is 20.9. The quantitative estimate of drug-likeness (QED) is 0.182. The summed E-state index contributed by atoms with van der Waals surface area (Å²) in [5.74, 6) is -5.95. The number of halogens is 4. The van der Waals surface area contributed by atoms with E-state index >= 15 is 0 Å². The molecule has 0 aliphatic rings. The van der Waals surface area contributed by atoms with Crippen molar-refractivity contribution in [2.24, 2.45) is 0 Å². The Morgan fingerprint density at radius 1 is 0.881 bits per heavy atom. The van der Waals surface area contributed by atoms with Crippen molar-refractivity contribution in [2.45, 2.75) is 20.0 Å². The van der Waals surface area contributed by atoms with Crippen LogP contribution in [0.3, 0.4) is 0 Å². The molecule has 0 atom stereocenters.